The Kier molecular flexibility index (Phi) is 22.8. The summed E-state index contributed by atoms with van der Waals surface area (Å²) in [5.41, 5.74) is 24.2. The monoisotopic (exact) mass is 591 g/mol. The molecule has 0 fully saturated rings. The minimum absolute atomic E-state index is 0.135. The van der Waals surface area contributed by atoms with Crippen molar-refractivity contribution in [2.75, 3.05) is 39.8 Å². The molecule has 0 aliphatic carbocycles. The number of unbranched alkanes of at least 4 members (excludes halogenated alkanes) is 6. The van der Waals surface area contributed by atoms with Crippen LogP contribution in [0.5, 0.6) is 0 Å². The number of amides is 1. The van der Waals surface area contributed by atoms with Crippen molar-refractivity contribution in [1.29, 1.82) is 10.8 Å². The lowest BCUT2D eigenvalue weighted by Crippen LogP contribution is -2.42. The highest BCUT2D eigenvalue weighted by Crippen LogP contribution is 2.10. The van der Waals surface area contributed by atoms with E-state index in [4.69, 9.17) is 33.8 Å². The normalized spacial score (nSPS) is 12.7. The number of hydrogen-bond acceptors (Lipinski definition) is 7. The molecule has 0 unspecified atom stereocenters. The van der Waals surface area contributed by atoms with Crippen molar-refractivity contribution >= 4 is 41.2 Å². The van der Waals surface area contributed by atoms with Crippen LogP contribution in [0.2, 0.25) is 0 Å². The quantitative estimate of drug-likeness (QED) is 0.0528. The molecule has 0 radical (unpaired) electrons. The molecule has 12 N–H and O–H groups in total. The Morgan fingerprint density at radius 2 is 1.17 bits per heavy atom. The Morgan fingerprint density at radius 3 is 1.67 bits per heavy atom. The fourth-order valence-electron chi connectivity index (χ4n) is 4.01. The highest BCUT2D eigenvalue weighted by molar-refractivity contribution is 6.00. The zero-order valence-corrected chi connectivity index (χ0v) is 26.2. The lowest BCUT2D eigenvalue weighted by molar-refractivity contribution is -0.131. The molecule has 1 amide bonds. The summed E-state index contributed by atoms with van der Waals surface area (Å²) in [4.78, 5) is 31.4. The number of nitrogens with two attached hydrogens (primary N) is 4. The smallest absolute Gasteiger partial charge is 0.222 e. The molecule has 0 aromatic heterocycles. The maximum absolute atomic E-state index is 13.0. The van der Waals surface area contributed by atoms with E-state index in [1.165, 1.54) is 32.1 Å². The zero-order valence-electron chi connectivity index (χ0n) is 26.2. The third-order valence-electron chi connectivity index (χ3n) is 6.23. The molecule has 14 nitrogen and oxygen atoms in total. The number of guanidine groups is 4. The molecular weight excluding hydrogens is 534 g/mol. The molecular formula is C28H57N13O. The first-order chi connectivity index (χ1) is 20.1. The van der Waals surface area contributed by atoms with Crippen molar-refractivity contribution in [3.05, 3.63) is 0 Å². The average Bonchev–Trinajstić information content (AvgIpc) is 2.93. The van der Waals surface area contributed by atoms with Crippen LogP contribution in [-0.4, -0.2) is 85.8 Å². The van der Waals surface area contributed by atoms with Crippen LogP contribution in [-0.2, 0) is 4.79 Å². The average molecular weight is 592 g/mol. The van der Waals surface area contributed by atoms with Crippen molar-refractivity contribution < 1.29 is 4.79 Å². The van der Waals surface area contributed by atoms with Gasteiger partial charge in [-0.15, -0.1) is 0 Å². The summed E-state index contributed by atoms with van der Waals surface area (Å²) >= 11 is 0. The first-order valence-electron chi connectivity index (χ1n) is 15.1. The molecule has 240 valence electrons. The number of aliphatic imine (C=N–C) groups is 4. The van der Waals surface area contributed by atoms with Gasteiger partial charge in [0, 0.05) is 64.0 Å². The molecule has 14 heteroatoms. The van der Waals surface area contributed by atoms with Crippen molar-refractivity contribution in [2.45, 2.75) is 97.3 Å². The van der Waals surface area contributed by atoms with E-state index < -0.39 is 0 Å². The van der Waals surface area contributed by atoms with Gasteiger partial charge in [0.25, 0.3) is 0 Å². The second-order valence-electron chi connectivity index (χ2n) is 10.3. The Morgan fingerprint density at radius 1 is 0.690 bits per heavy atom. The van der Waals surface area contributed by atoms with Gasteiger partial charge >= 0.3 is 0 Å². The van der Waals surface area contributed by atoms with Crippen LogP contribution in [0, 0.1) is 10.8 Å². The van der Waals surface area contributed by atoms with Crippen LogP contribution in [0.3, 0.4) is 0 Å². The van der Waals surface area contributed by atoms with Gasteiger partial charge in [-0.05, 0) is 39.0 Å². The highest BCUT2D eigenvalue weighted by atomic mass is 16.2. The Balaban J connectivity index is 4.70. The van der Waals surface area contributed by atoms with Crippen LogP contribution in [0.1, 0.15) is 97.3 Å². The summed E-state index contributed by atoms with van der Waals surface area (Å²) in [6.07, 6.45) is 11.6. The molecule has 0 saturated heterocycles. The Bertz CT molecular complexity index is 911. The van der Waals surface area contributed by atoms with E-state index in [-0.39, 0.29) is 29.7 Å². The molecule has 0 atom stereocenters. The predicted molar refractivity (Wildman–Crippen MR) is 177 cm³/mol. The minimum atomic E-state index is 0.135. The van der Waals surface area contributed by atoms with Crippen molar-refractivity contribution in [2.24, 2.45) is 42.9 Å². The highest BCUT2D eigenvalue weighted by Gasteiger charge is 2.13. The van der Waals surface area contributed by atoms with Crippen LogP contribution in [0.25, 0.3) is 0 Å². The molecule has 0 aliphatic heterocycles. The standard InChI is InChI=1S/C28H57N13O/c1-4-5-6-7-8-9-10-15-24(42)41(19-12-17-37-26(32)39-25(31)35-3)20-13-18-38-28(34)40-27(33)36-16-11-14-23(30)21-22(2)29/h29-30H,4-21H2,1-3H3,(H5,31,32,35,37,39)(H5,33,34,36,38,40). The number of rotatable bonds is 22. The van der Waals surface area contributed by atoms with Gasteiger partial charge in [0.1, 0.15) is 0 Å². The number of carbonyl (C=O) groups is 1. The van der Waals surface area contributed by atoms with Gasteiger partial charge in [0.05, 0.1) is 0 Å². The molecule has 0 rings (SSSR count). The summed E-state index contributed by atoms with van der Waals surface area (Å²) in [6.45, 7) is 6.36. The molecule has 0 bridgehead atoms. The van der Waals surface area contributed by atoms with Crippen LogP contribution >= 0.6 is 0 Å². The fourth-order valence-corrected chi connectivity index (χ4v) is 4.01. The third kappa shape index (κ3) is 23.0. The van der Waals surface area contributed by atoms with Crippen molar-refractivity contribution in [1.82, 2.24) is 15.5 Å². The van der Waals surface area contributed by atoms with Gasteiger partial charge in [0.2, 0.25) is 5.91 Å². The van der Waals surface area contributed by atoms with Gasteiger partial charge in [-0.3, -0.25) is 35.4 Å². The van der Waals surface area contributed by atoms with Crippen molar-refractivity contribution in [3.63, 3.8) is 0 Å². The van der Waals surface area contributed by atoms with E-state index >= 15 is 0 Å². The maximum atomic E-state index is 13.0. The van der Waals surface area contributed by atoms with Gasteiger partial charge in [-0.1, -0.05) is 45.4 Å². The minimum Gasteiger partial charge on any atom is -0.370 e. The summed E-state index contributed by atoms with van der Waals surface area (Å²) in [7, 11) is 1.56. The topological polar surface area (TPSA) is 246 Å². The van der Waals surface area contributed by atoms with E-state index in [0.29, 0.717) is 82.7 Å². The molecule has 0 spiro atoms. The molecule has 0 aromatic carbocycles. The first kappa shape index (κ1) is 38.3. The number of nitrogens with one attached hydrogen (secondary N) is 4. The Hall–Kier alpha value is -3.71. The third-order valence-corrected chi connectivity index (χ3v) is 6.23. The summed E-state index contributed by atoms with van der Waals surface area (Å²) in [5.74, 6) is 0.847. The molecule has 0 heterocycles. The number of nitrogens with zero attached hydrogens (tertiary/aromatic N) is 5. The summed E-state index contributed by atoms with van der Waals surface area (Å²) in [5, 5.41) is 20.7. The predicted octanol–water partition coefficient (Wildman–Crippen LogP) is 2.03. The van der Waals surface area contributed by atoms with Crippen molar-refractivity contribution in [3.8, 4) is 0 Å². The maximum Gasteiger partial charge on any atom is 0.222 e. The lowest BCUT2D eigenvalue weighted by Gasteiger charge is -2.22. The summed E-state index contributed by atoms with van der Waals surface area (Å²) in [6, 6.07) is 0. The number of carbonyl (C=O) groups excluding carboxylic acids is 1. The second kappa shape index (κ2) is 25.0. The molecule has 0 aliphatic rings. The number of hydrogen-bond donors (Lipinski definition) is 8. The van der Waals surface area contributed by atoms with E-state index in [1.807, 2.05) is 4.90 Å². The molecule has 0 saturated carbocycles. The van der Waals surface area contributed by atoms with Gasteiger partial charge in [-0.2, -0.15) is 0 Å². The van der Waals surface area contributed by atoms with E-state index in [1.54, 1.807) is 14.0 Å². The van der Waals surface area contributed by atoms with Gasteiger partial charge in [-0.25, -0.2) is 0 Å². The second-order valence-corrected chi connectivity index (χ2v) is 10.3. The molecule has 0 aromatic rings. The Labute approximate surface area is 252 Å². The van der Waals surface area contributed by atoms with Crippen LogP contribution in [0.4, 0.5) is 0 Å². The van der Waals surface area contributed by atoms with Crippen LogP contribution < -0.4 is 33.6 Å². The fraction of sp³-hybridized carbons (Fsp3) is 0.750. The molecule has 42 heavy (non-hydrogen) atoms. The summed E-state index contributed by atoms with van der Waals surface area (Å²) < 4.78 is 0. The van der Waals surface area contributed by atoms with Gasteiger partial charge in [0.15, 0.2) is 23.8 Å². The first-order valence-corrected chi connectivity index (χ1v) is 15.1. The van der Waals surface area contributed by atoms with Gasteiger partial charge < -0.3 is 38.7 Å². The van der Waals surface area contributed by atoms with Crippen LogP contribution in [0.15, 0.2) is 20.0 Å². The van der Waals surface area contributed by atoms with E-state index in [0.717, 1.165) is 12.8 Å². The lowest BCUT2D eigenvalue weighted by atomic mass is 10.1. The largest absolute Gasteiger partial charge is 0.370 e. The zero-order chi connectivity index (χ0) is 31.6. The SMILES string of the molecule is CCCCCCCCCC(=O)N(CCCN=C(N)NC(N)=NC)CCCN=C(N)NC(N)=NCCCC(=N)CC(C)=N. The van der Waals surface area contributed by atoms with E-state index in [2.05, 4.69) is 37.5 Å². The van der Waals surface area contributed by atoms with E-state index in [9.17, 15) is 4.79 Å².